The van der Waals surface area contributed by atoms with Crippen molar-refractivity contribution in [2.75, 3.05) is 6.79 Å². The van der Waals surface area contributed by atoms with Gasteiger partial charge in [0.05, 0.1) is 0 Å². The van der Waals surface area contributed by atoms with E-state index in [-0.39, 0.29) is 6.79 Å². The SMILES string of the molecule is Cc1ccn(Cc2ccc3c(c2)OCO3)c1C(=O)O. The summed E-state index contributed by atoms with van der Waals surface area (Å²) >= 11 is 0. The van der Waals surface area contributed by atoms with Gasteiger partial charge < -0.3 is 19.1 Å². The number of nitrogens with zero attached hydrogens (tertiary/aromatic N) is 1. The molecule has 5 nitrogen and oxygen atoms in total. The van der Waals surface area contributed by atoms with Crippen LogP contribution < -0.4 is 9.47 Å². The van der Waals surface area contributed by atoms with Gasteiger partial charge in [-0.05, 0) is 36.2 Å². The predicted molar refractivity (Wildman–Crippen MR) is 67.8 cm³/mol. The van der Waals surface area contributed by atoms with Gasteiger partial charge in [-0.1, -0.05) is 6.07 Å². The molecule has 5 heteroatoms. The van der Waals surface area contributed by atoms with Crippen LogP contribution in [-0.2, 0) is 6.54 Å². The number of carbonyl (C=O) groups is 1. The maximum Gasteiger partial charge on any atom is 0.352 e. The molecule has 0 fully saturated rings. The molecule has 2 heterocycles. The van der Waals surface area contributed by atoms with Crippen LogP contribution in [0.4, 0.5) is 0 Å². The monoisotopic (exact) mass is 259 g/mol. The normalized spacial score (nSPS) is 12.7. The second-order valence-corrected chi connectivity index (χ2v) is 4.47. The minimum Gasteiger partial charge on any atom is -0.477 e. The number of ether oxygens (including phenoxy) is 2. The maximum atomic E-state index is 11.2. The highest BCUT2D eigenvalue weighted by Gasteiger charge is 2.16. The van der Waals surface area contributed by atoms with Gasteiger partial charge in [-0.15, -0.1) is 0 Å². The number of hydrogen-bond acceptors (Lipinski definition) is 3. The van der Waals surface area contributed by atoms with Gasteiger partial charge in [0.1, 0.15) is 5.69 Å². The predicted octanol–water partition coefficient (Wildman–Crippen LogP) is 2.27. The molecule has 3 rings (SSSR count). The zero-order chi connectivity index (χ0) is 13.4. The molecular formula is C14H13NO4. The number of aromatic nitrogens is 1. The van der Waals surface area contributed by atoms with Gasteiger partial charge in [0.2, 0.25) is 6.79 Å². The van der Waals surface area contributed by atoms with Crippen molar-refractivity contribution in [1.29, 1.82) is 0 Å². The Bertz CT molecular complexity index is 645. The molecule has 1 aliphatic rings. The summed E-state index contributed by atoms with van der Waals surface area (Å²) in [4.78, 5) is 11.2. The lowest BCUT2D eigenvalue weighted by Gasteiger charge is -2.08. The fourth-order valence-electron chi connectivity index (χ4n) is 2.24. The first-order chi connectivity index (χ1) is 9.15. The van der Waals surface area contributed by atoms with Crippen molar-refractivity contribution in [3.8, 4) is 11.5 Å². The Balaban J connectivity index is 1.91. The van der Waals surface area contributed by atoms with Crippen molar-refractivity contribution >= 4 is 5.97 Å². The van der Waals surface area contributed by atoms with Crippen molar-refractivity contribution in [1.82, 2.24) is 4.57 Å². The third kappa shape index (κ3) is 2.03. The lowest BCUT2D eigenvalue weighted by molar-refractivity contribution is 0.0685. The van der Waals surface area contributed by atoms with E-state index in [1.54, 1.807) is 23.8 Å². The number of rotatable bonds is 3. The summed E-state index contributed by atoms with van der Waals surface area (Å²) in [5, 5.41) is 9.20. The summed E-state index contributed by atoms with van der Waals surface area (Å²) in [5.74, 6) is 0.521. The largest absolute Gasteiger partial charge is 0.477 e. The van der Waals surface area contributed by atoms with E-state index in [0.717, 1.165) is 16.9 Å². The van der Waals surface area contributed by atoms with Gasteiger partial charge in [0.15, 0.2) is 11.5 Å². The lowest BCUT2D eigenvalue weighted by Crippen LogP contribution is -2.09. The maximum absolute atomic E-state index is 11.2. The van der Waals surface area contributed by atoms with Crippen LogP contribution in [0.2, 0.25) is 0 Å². The van der Waals surface area contributed by atoms with Crippen LogP contribution in [-0.4, -0.2) is 22.4 Å². The van der Waals surface area contributed by atoms with E-state index in [1.807, 2.05) is 18.2 Å². The first kappa shape index (κ1) is 11.6. The minimum absolute atomic E-state index is 0.238. The Morgan fingerprint density at radius 1 is 1.32 bits per heavy atom. The van der Waals surface area contributed by atoms with E-state index in [4.69, 9.17) is 9.47 Å². The van der Waals surface area contributed by atoms with Crippen LogP contribution in [0.25, 0.3) is 0 Å². The van der Waals surface area contributed by atoms with Crippen LogP contribution in [0.15, 0.2) is 30.5 Å². The third-order valence-corrected chi connectivity index (χ3v) is 3.16. The van der Waals surface area contributed by atoms with Gasteiger partial charge in [-0.3, -0.25) is 0 Å². The average Bonchev–Trinajstić information content (AvgIpc) is 2.95. The Hall–Kier alpha value is -2.43. The topological polar surface area (TPSA) is 60.7 Å². The van der Waals surface area contributed by atoms with Crippen LogP contribution in [0.1, 0.15) is 21.6 Å². The second-order valence-electron chi connectivity index (χ2n) is 4.47. The summed E-state index contributed by atoms with van der Waals surface area (Å²) in [6.45, 7) is 2.52. The summed E-state index contributed by atoms with van der Waals surface area (Å²) in [6.07, 6.45) is 1.78. The lowest BCUT2D eigenvalue weighted by atomic mass is 10.2. The van der Waals surface area contributed by atoms with E-state index in [9.17, 15) is 9.90 Å². The van der Waals surface area contributed by atoms with Crippen molar-refractivity contribution < 1.29 is 19.4 Å². The van der Waals surface area contributed by atoms with Gasteiger partial charge in [-0.2, -0.15) is 0 Å². The second kappa shape index (κ2) is 4.35. The van der Waals surface area contributed by atoms with Crippen molar-refractivity contribution in [3.63, 3.8) is 0 Å². The average molecular weight is 259 g/mol. The molecule has 0 spiro atoms. The van der Waals surface area contributed by atoms with Crippen LogP contribution in [0.5, 0.6) is 11.5 Å². The smallest absolute Gasteiger partial charge is 0.352 e. The highest BCUT2D eigenvalue weighted by atomic mass is 16.7. The van der Waals surface area contributed by atoms with E-state index in [0.29, 0.717) is 18.0 Å². The van der Waals surface area contributed by atoms with Crippen LogP contribution in [0.3, 0.4) is 0 Å². The number of fused-ring (bicyclic) bond motifs is 1. The molecule has 19 heavy (non-hydrogen) atoms. The molecule has 0 unspecified atom stereocenters. The fourth-order valence-corrected chi connectivity index (χ4v) is 2.24. The number of aromatic carboxylic acids is 1. The standard InChI is InChI=1S/C14H13NO4/c1-9-4-5-15(13(9)14(16)17)7-10-2-3-11-12(6-10)19-8-18-11/h2-6H,7-8H2,1H3,(H,16,17). The van der Waals surface area contributed by atoms with Crippen molar-refractivity contribution in [3.05, 3.63) is 47.3 Å². The molecule has 0 radical (unpaired) electrons. The van der Waals surface area contributed by atoms with Crippen molar-refractivity contribution in [2.24, 2.45) is 0 Å². The minimum atomic E-state index is -0.914. The fraction of sp³-hybridized carbons (Fsp3) is 0.214. The molecule has 0 bridgehead atoms. The van der Waals surface area contributed by atoms with Gasteiger partial charge in [0, 0.05) is 12.7 Å². The molecule has 1 aromatic carbocycles. The molecular weight excluding hydrogens is 246 g/mol. The van der Waals surface area contributed by atoms with Gasteiger partial charge >= 0.3 is 5.97 Å². The zero-order valence-electron chi connectivity index (χ0n) is 10.4. The first-order valence-corrected chi connectivity index (χ1v) is 5.92. The summed E-state index contributed by atoms with van der Waals surface area (Å²) in [6, 6.07) is 7.43. The van der Waals surface area contributed by atoms with Crippen LogP contribution in [0, 0.1) is 6.92 Å². The number of hydrogen-bond donors (Lipinski definition) is 1. The van der Waals surface area contributed by atoms with Crippen LogP contribution >= 0.6 is 0 Å². The quantitative estimate of drug-likeness (QED) is 0.918. The molecule has 0 aliphatic carbocycles. The first-order valence-electron chi connectivity index (χ1n) is 5.92. The van der Waals surface area contributed by atoms with E-state index in [2.05, 4.69) is 0 Å². The summed E-state index contributed by atoms with van der Waals surface area (Å²) in [5.41, 5.74) is 2.05. The highest BCUT2D eigenvalue weighted by molar-refractivity contribution is 5.87. The molecule has 0 saturated heterocycles. The Morgan fingerprint density at radius 2 is 2.11 bits per heavy atom. The molecule has 1 N–H and O–H groups in total. The Morgan fingerprint density at radius 3 is 2.89 bits per heavy atom. The molecule has 0 atom stereocenters. The van der Waals surface area contributed by atoms with Crippen molar-refractivity contribution in [2.45, 2.75) is 13.5 Å². The van der Waals surface area contributed by atoms with Gasteiger partial charge in [-0.25, -0.2) is 4.79 Å². The molecule has 2 aromatic rings. The Labute approximate surface area is 110 Å². The van der Waals surface area contributed by atoms with Gasteiger partial charge in [0.25, 0.3) is 0 Å². The summed E-state index contributed by atoms with van der Waals surface area (Å²) < 4.78 is 12.3. The van der Waals surface area contributed by atoms with E-state index in [1.165, 1.54) is 0 Å². The molecule has 1 aromatic heterocycles. The highest BCUT2D eigenvalue weighted by Crippen LogP contribution is 2.32. The molecule has 98 valence electrons. The number of carboxylic acids is 1. The Kier molecular flexibility index (Phi) is 2.67. The number of carboxylic acid groups (broad SMARTS) is 1. The molecule has 0 amide bonds. The summed E-state index contributed by atoms with van der Waals surface area (Å²) in [7, 11) is 0. The number of aryl methyl sites for hydroxylation is 1. The molecule has 1 aliphatic heterocycles. The third-order valence-electron chi connectivity index (χ3n) is 3.16. The zero-order valence-corrected chi connectivity index (χ0v) is 10.4. The molecule has 0 saturated carbocycles. The number of benzene rings is 1. The van der Waals surface area contributed by atoms with E-state index >= 15 is 0 Å². The van der Waals surface area contributed by atoms with E-state index < -0.39 is 5.97 Å².